The molecule has 1 saturated carbocycles. The fourth-order valence-corrected chi connectivity index (χ4v) is 2.67. The fraction of sp³-hybridized carbons (Fsp3) is 0.500. The van der Waals surface area contributed by atoms with Crippen LogP contribution in [0, 0.1) is 5.92 Å². The Balaban J connectivity index is 1.88. The van der Waals surface area contributed by atoms with Gasteiger partial charge in [-0.3, -0.25) is 4.79 Å². The highest BCUT2D eigenvalue weighted by Gasteiger charge is 2.27. The van der Waals surface area contributed by atoms with Gasteiger partial charge in [0.05, 0.1) is 5.92 Å². The molecule has 0 bridgehead atoms. The van der Waals surface area contributed by atoms with Gasteiger partial charge >= 0.3 is 0 Å². The number of halogens is 1. The molecule has 1 aromatic carbocycles. The van der Waals surface area contributed by atoms with Gasteiger partial charge in [-0.15, -0.1) is 0 Å². The number of benzene rings is 1. The average molecular weight is 267 g/mol. The van der Waals surface area contributed by atoms with Crippen molar-refractivity contribution in [2.24, 2.45) is 11.7 Å². The molecule has 4 heteroatoms. The quantitative estimate of drug-likeness (QED) is 0.883. The van der Waals surface area contributed by atoms with Crippen molar-refractivity contribution in [1.82, 2.24) is 5.32 Å². The van der Waals surface area contributed by atoms with E-state index in [1.807, 2.05) is 24.3 Å². The Kier molecular flexibility index (Phi) is 4.61. The first-order valence-corrected chi connectivity index (χ1v) is 6.82. The van der Waals surface area contributed by atoms with E-state index in [1.54, 1.807) is 0 Å². The van der Waals surface area contributed by atoms with Crippen LogP contribution in [0.2, 0.25) is 5.02 Å². The van der Waals surface area contributed by atoms with Gasteiger partial charge in [0.1, 0.15) is 0 Å². The van der Waals surface area contributed by atoms with Crippen molar-refractivity contribution in [2.45, 2.75) is 38.3 Å². The minimum absolute atomic E-state index is 0.0121. The lowest BCUT2D eigenvalue weighted by molar-refractivity contribution is -0.126. The Morgan fingerprint density at radius 2 is 2.17 bits per heavy atom. The molecule has 3 nitrogen and oxygen atoms in total. The van der Waals surface area contributed by atoms with Crippen molar-refractivity contribution in [3.8, 4) is 0 Å². The monoisotopic (exact) mass is 266 g/mol. The Morgan fingerprint density at radius 1 is 1.39 bits per heavy atom. The van der Waals surface area contributed by atoms with Gasteiger partial charge in [-0.1, -0.05) is 36.6 Å². The van der Waals surface area contributed by atoms with Crippen molar-refractivity contribution in [1.29, 1.82) is 0 Å². The van der Waals surface area contributed by atoms with E-state index in [9.17, 15) is 4.79 Å². The molecule has 0 aromatic heterocycles. The minimum Gasteiger partial charge on any atom is -0.352 e. The SMILES string of the molecule is NC1CCCCC1C(=O)NCc1cccc(Cl)c1. The van der Waals surface area contributed by atoms with Crippen LogP contribution in [0.25, 0.3) is 0 Å². The molecule has 2 unspecified atom stereocenters. The molecule has 2 atom stereocenters. The average Bonchev–Trinajstić information content (AvgIpc) is 2.37. The van der Waals surface area contributed by atoms with Crippen LogP contribution in [0.15, 0.2) is 24.3 Å². The van der Waals surface area contributed by atoms with Gasteiger partial charge in [0.15, 0.2) is 0 Å². The van der Waals surface area contributed by atoms with Crippen LogP contribution in [0.1, 0.15) is 31.2 Å². The van der Waals surface area contributed by atoms with Gasteiger partial charge in [-0.2, -0.15) is 0 Å². The molecule has 1 amide bonds. The van der Waals surface area contributed by atoms with E-state index in [1.165, 1.54) is 0 Å². The molecule has 0 radical (unpaired) electrons. The van der Waals surface area contributed by atoms with E-state index in [2.05, 4.69) is 5.32 Å². The summed E-state index contributed by atoms with van der Waals surface area (Å²) in [5.41, 5.74) is 7.01. The number of amides is 1. The maximum atomic E-state index is 12.0. The molecule has 3 N–H and O–H groups in total. The van der Waals surface area contributed by atoms with Gasteiger partial charge in [-0.25, -0.2) is 0 Å². The van der Waals surface area contributed by atoms with Crippen molar-refractivity contribution in [3.63, 3.8) is 0 Å². The number of hydrogen-bond donors (Lipinski definition) is 2. The van der Waals surface area contributed by atoms with E-state index >= 15 is 0 Å². The summed E-state index contributed by atoms with van der Waals surface area (Å²) in [6, 6.07) is 7.54. The summed E-state index contributed by atoms with van der Waals surface area (Å²) in [6.07, 6.45) is 4.10. The van der Waals surface area contributed by atoms with Crippen LogP contribution < -0.4 is 11.1 Å². The zero-order valence-electron chi connectivity index (χ0n) is 10.4. The fourth-order valence-electron chi connectivity index (χ4n) is 2.45. The second-order valence-corrected chi connectivity index (χ2v) is 5.34. The Bertz CT molecular complexity index is 422. The second-order valence-electron chi connectivity index (χ2n) is 4.90. The van der Waals surface area contributed by atoms with Gasteiger partial charge in [0, 0.05) is 17.6 Å². The van der Waals surface area contributed by atoms with E-state index < -0.39 is 0 Å². The second kappa shape index (κ2) is 6.21. The molecule has 1 aliphatic rings. The van der Waals surface area contributed by atoms with Crippen molar-refractivity contribution >= 4 is 17.5 Å². The zero-order chi connectivity index (χ0) is 13.0. The number of nitrogens with one attached hydrogen (secondary N) is 1. The van der Waals surface area contributed by atoms with Crippen LogP contribution in [0.3, 0.4) is 0 Å². The Hall–Kier alpha value is -1.06. The van der Waals surface area contributed by atoms with E-state index in [0.717, 1.165) is 31.2 Å². The third kappa shape index (κ3) is 3.47. The molecule has 2 rings (SSSR count). The molecule has 1 aliphatic carbocycles. The predicted octanol–water partition coefficient (Wildman–Crippen LogP) is 2.47. The van der Waals surface area contributed by atoms with Crippen LogP contribution >= 0.6 is 11.6 Å². The standard InChI is InChI=1S/C14H19ClN2O/c15-11-5-3-4-10(8-11)9-17-14(18)12-6-1-2-7-13(12)16/h3-5,8,12-13H,1-2,6-7,9,16H2,(H,17,18). The summed E-state index contributed by atoms with van der Waals surface area (Å²) < 4.78 is 0. The predicted molar refractivity (Wildman–Crippen MR) is 73.2 cm³/mol. The molecule has 0 saturated heterocycles. The van der Waals surface area contributed by atoms with Crippen molar-refractivity contribution in [2.75, 3.05) is 0 Å². The molecule has 0 heterocycles. The number of carbonyl (C=O) groups excluding carboxylic acids is 1. The number of carbonyl (C=O) groups is 1. The summed E-state index contributed by atoms with van der Waals surface area (Å²) in [4.78, 5) is 12.0. The van der Waals surface area contributed by atoms with Gasteiger partial charge in [0.2, 0.25) is 5.91 Å². The lowest BCUT2D eigenvalue weighted by Crippen LogP contribution is -2.43. The van der Waals surface area contributed by atoms with Crippen LogP contribution in [-0.2, 0) is 11.3 Å². The summed E-state index contributed by atoms with van der Waals surface area (Å²) in [5, 5.41) is 3.64. The molecular formula is C14H19ClN2O. The molecule has 98 valence electrons. The minimum atomic E-state index is -0.0297. The van der Waals surface area contributed by atoms with Crippen molar-refractivity contribution in [3.05, 3.63) is 34.9 Å². The first kappa shape index (κ1) is 13.4. The summed E-state index contributed by atoms with van der Waals surface area (Å²) >= 11 is 5.90. The van der Waals surface area contributed by atoms with Gasteiger partial charge < -0.3 is 11.1 Å². The number of rotatable bonds is 3. The first-order chi connectivity index (χ1) is 8.66. The Labute approximate surface area is 113 Å². The third-order valence-corrected chi connectivity index (χ3v) is 3.75. The molecule has 0 spiro atoms. The summed E-state index contributed by atoms with van der Waals surface area (Å²) in [7, 11) is 0. The van der Waals surface area contributed by atoms with Gasteiger partial charge in [0.25, 0.3) is 0 Å². The highest BCUT2D eigenvalue weighted by Crippen LogP contribution is 2.23. The largest absolute Gasteiger partial charge is 0.352 e. The van der Waals surface area contributed by atoms with Crippen LogP contribution in [0.4, 0.5) is 0 Å². The van der Waals surface area contributed by atoms with E-state index in [0.29, 0.717) is 11.6 Å². The number of hydrogen-bond acceptors (Lipinski definition) is 2. The smallest absolute Gasteiger partial charge is 0.224 e. The zero-order valence-corrected chi connectivity index (χ0v) is 11.1. The summed E-state index contributed by atoms with van der Waals surface area (Å²) in [5.74, 6) is 0.0418. The molecular weight excluding hydrogens is 248 g/mol. The maximum absolute atomic E-state index is 12.0. The van der Waals surface area contributed by atoms with E-state index in [4.69, 9.17) is 17.3 Å². The topological polar surface area (TPSA) is 55.1 Å². The lowest BCUT2D eigenvalue weighted by atomic mass is 9.84. The molecule has 18 heavy (non-hydrogen) atoms. The third-order valence-electron chi connectivity index (χ3n) is 3.51. The Morgan fingerprint density at radius 3 is 2.89 bits per heavy atom. The van der Waals surface area contributed by atoms with E-state index in [-0.39, 0.29) is 17.9 Å². The highest BCUT2D eigenvalue weighted by molar-refractivity contribution is 6.30. The normalized spacial score (nSPS) is 23.7. The van der Waals surface area contributed by atoms with Gasteiger partial charge in [-0.05, 0) is 30.5 Å². The highest BCUT2D eigenvalue weighted by atomic mass is 35.5. The van der Waals surface area contributed by atoms with Crippen LogP contribution in [-0.4, -0.2) is 11.9 Å². The molecule has 1 aromatic rings. The summed E-state index contributed by atoms with van der Waals surface area (Å²) in [6.45, 7) is 0.516. The van der Waals surface area contributed by atoms with Crippen LogP contribution in [0.5, 0.6) is 0 Å². The number of nitrogens with two attached hydrogens (primary N) is 1. The maximum Gasteiger partial charge on any atom is 0.224 e. The molecule has 1 fully saturated rings. The molecule has 0 aliphatic heterocycles. The first-order valence-electron chi connectivity index (χ1n) is 6.44. The van der Waals surface area contributed by atoms with Crippen molar-refractivity contribution < 1.29 is 4.79 Å². The lowest BCUT2D eigenvalue weighted by Gasteiger charge is -2.27.